The lowest BCUT2D eigenvalue weighted by Crippen LogP contribution is -2.46. The molecule has 0 radical (unpaired) electrons. The summed E-state index contributed by atoms with van der Waals surface area (Å²) in [7, 11) is 0. The molecule has 4 rings (SSSR count). The summed E-state index contributed by atoms with van der Waals surface area (Å²) in [5.41, 5.74) is 3.20. The van der Waals surface area contributed by atoms with Crippen LogP contribution in [0.25, 0.3) is 0 Å². The summed E-state index contributed by atoms with van der Waals surface area (Å²) < 4.78 is 14.7. The first-order chi connectivity index (χ1) is 16.5. The van der Waals surface area contributed by atoms with Crippen molar-refractivity contribution in [3.63, 3.8) is 0 Å². The maximum Gasteiger partial charge on any atom is 0.256 e. The summed E-state index contributed by atoms with van der Waals surface area (Å²) >= 11 is 6.46. The number of hydrogen-bond donors (Lipinski definition) is 1. The smallest absolute Gasteiger partial charge is 0.256 e. The van der Waals surface area contributed by atoms with Crippen molar-refractivity contribution in [3.8, 4) is 0 Å². The number of amides is 1. The quantitative estimate of drug-likeness (QED) is 0.468. The van der Waals surface area contributed by atoms with Crippen LogP contribution in [0, 0.1) is 12.7 Å². The number of carbonyl (C=O) groups excluding carboxylic acids is 1. The Hall–Kier alpha value is -2.74. The van der Waals surface area contributed by atoms with Gasteiger partial charge in [-0.15, -0.1) is 0 Å². The highest BCUT2D eigenvalue weighted by molar-refractivity contribution is 6.33. The predicted molar refractivity (Wildman–Crippen MR) is 133 cm³/mol. The average Bonchev–Trinajstić information content (AvgIpc) is 3.12. The molecule has 1 aromatic heterocycles. The molecule has 3 aromatic rings. The zero-order chi connectivity index (χ0) is 23.9. The highest BCUT2D eigenvalue weighted by Gasteiger charge is 2.21. The van der Waals surface area contributed by atoms with Crippen LogP contribution in [0.5, 0.6) is 0 Å². The Morgan fingerprint density at radius 2 is 1.62 bits per heavy atom. The van der Waals surface area contributed by atoms with Gasteiger partial charge in [0.25, 0.3) is 5.91 Å². The molecule has 0 atom stereocenters. The van der Waals surface area contributed by atoms with Crippen LogP contribution in [0.2, 0.25) is 5.15 Å². The van der Waals surface area contributed by atoms with Crippen LogP contribution in [-0.4, -0.2) is 64.8 Å². The van der Waals surface area contributed by atoms with Crippen LogP contribution in [0.3, 0.4) is 0 Å². The van der Waals surface area contributed by atoms with E-state index >= 15 is 0 Å². The summed E-state index contributed by atoms with van der Waals surface area (Å²) in [5, 5.41) is 7.69. The van der Waals surface area contributed by atoms with Gasteiger partial charge in [-0.2, -0.15) is 5.10 Å². The van der Waals surface area contributed by atoms with E-state index in [1.54, 1.807) is 23.7 Å². The van der Waals surface area contributed by atoms with Gasteiger partial charge in [0.15, 0.2) is 0 Å². The molecule has 2 aromatic carbocycles. The minimum absolute atomic E-state index is 0.208. The van der Waals surface area contributed by atoms with Gasteiger partial charge in [-0.05, 0) is 43.1 Å². The number of nitrogens with zero attached hydrogens (tertiary/aromatic N) is 4. The number of carbonyl (C=O) groups is 1. The molecule has 0 aliphatic carbocycles. The third-order valence-electron chi connectivity index (χ3n) is 6.19. The Morgan fingerprint density at radius 1 is 0.971 bits per heavy atom. The number of piperazine rings is 1. The first kappa shape index (κ1) is 24.4. The van der Waals surface area contributed by atoms with Gasteiger partial charge in [0.05, 0.1) is 17.8 Å². The minimum Gasteiger partial charge on any atom is -0.352 e. The molecule has 0 spiro atoms. The van der Waals surface area contributed by atoms with Gasteiger partial charge in [0, 0.05) is 39.3 Å². The number of aryl methyl sites for hydroxylation is 1. The van der Waals surface area contributed by atoms with Crippen molar-refractivity contribution in [2.24, 2.45) is 0 Å². The molecule has 1 amide bonds. The fourth-order valence-electron chi connectivity index (χ4n) is 4.28. The number of nitrogens with one attached hydrogen (secondary N) is 1. The Bertz CT molecular complexity index is 1080. The van der Waals surface area contributed by atoms with E-state index in [-0.39, 0.29) is 11.7 Å². The van der Waals surface area contributed by atoms with Gasteiger partial charge >= 0.3 is 0 Å². The van der Waals surface area contributed by atoms with Crippen molar-refractivity contribution in [2.45, 2.75) is 26.4 Å². The molecular weight excluding hydrogens is 453 g/mol. The third kappa shape index (κ3) is 6.44. The number of hydrogen-bond acceptors (Lipinski definition) is 4. The molecule has 1 saturated heterocycles. The first-order valence-corrected chi connectivity index (χ1v) is 12.1. The van der Waals surface area contributed by atoms with Crippen LogP contribution >= 0.6 is 11.6 Å². The maximum absolute atomic E-state index is 13.1. The molecule has 34 heavy (non-hydrogen) atoms. The Kier molecular flexibility index (Phi) is 8.32. The zero-order valence-electron chi connectivity index (χ0n) is 19.5. The van der Waals surface area contributed by atoms with E-state index in [4.69, 9.17) is 11.6 Å². The fraction of sp³-hybridized carbons (Fsp3) is 0.385. The van der Waals surface area contributed by atoms with Crippen molar-refractivity contribution in [1.82, 2.24) is 24.9 Å². The molecule has 1 N–H and O–H groups in total. The van der Waals surface area contributed by atoms with E-state index < -0.39 is 0 Å². The molecule has 0 saturated carbocycles. The number of halogens is 2. The van der Waals surface area contributed by atoms with Crippen LogP contribution in [0.4, 0.5) is 4.39 Å². The van der Waals surface area contributed by atoms with Crippen molar-refractivity contribution >= 4 is 17.5 Å². The van der Waals surface area contributed by atoms with Crippen molar-refractivity contribution in [3.05, 3.63) is 88.0 Å². The fourth-order valence-corrected chi connectivity index (χ4v) is 4.60. The van der Waals surface area contributed by atoms with Crippen molar-refractivity contribution in [2.75, 3.05) is 39.3 Å². The van der Waals surface area contributed by atoms with Gasteiger partial charge in [-0.25, -0.2) is 9.07 Å². The Labute approximate surface area is 205 Å². The highest BCUT2D eigenvalue weighted by atomic mass is 35.5. The molecule has 0 bridgehead atoms. The molecule has 180 valence electrons. The molecule has 1 fully saturated rings. The normalized spacial score (nSPS) is 14.9. The monoisotopic (exact) mass is 483 g/mol. The van der Waals surface area contributed by atoms with Crippen LogP contribution in [-0.2, 0) is 13.1 Å². The summed E-state index contributed by atoms with van der Waals surface area (Å²) in [6, 6.07) is 16.7. The zero-order valence-corrected chi connectivity index (χ0v) is 20.3. The highest BCUT2D eigenvalue weighted by Crippen LogP contribution is 2.21. The maximum atomic E-state index is 13.1. The van der Waals surface area contributed by atoms with E-state index in [1.807, 2.05) is 0 Å². The van der Waals surface area contributed by atoms with E-state index in [0.717, 1.165) is 51.3 Å². The van der Waals surface area contributed by atoms with Crippen LogP contribution < -0.4 is 5.32 Å². The standard InChI is InChI=1S/C26H31ClFN5O/c1-20-24(25(27)33(30-20)19-22-8-10-23(28)11-9-22)26(34)29-12-5-13-31-14-16-32(17-15-31)18-21-6-3-2-4-7-21/h2-4,6-11H,5,12-19H2,1H3,(H,29,34). The van der Waals surface area contributed by atoms with Gasteiger partial charge in [0.2, 0.25) is 0 Å². The van der Waals surface area contributed by atoms with Crippen molar-refractivity contribution in [1.29, 1.82) is 0 Å². The molecule has 1 aliphatic heterocycles. The molecule has 2 heterocycles. The average molecular weight is 484 g/mol. The second-order valence-corrected chi connectivity index (χ2v) is 9.11. The lowest BCUT2D eigenvalue weighted by molar-refractivity contribution is 0.0946. The molecule has 8 heteroatoms. The molecule has 1 aliphatic rings. The van der Waals surface area contributed by atoms with Gasteiger partial charge < -0.3 is 10.2 Å². The second-order valence-electron chi connectivity index (χ2n) is 8.75. The lowest BCUT2D eigenvalue weighted by Gasteiger charge is -2.34. The van der Waals surface area contributed by atoms with Gasteiger partial charge in [0.1, 0.15) is 11.0 Å². The number of benzene rings is 2. The summed E-state index contributed by atoms with van der Waals surface area (Å²) in [6.45, 7) is 8.90. The number of aromatic nitrogens is 2. The second kappa shape index (κ2) is 11.6. The Morgan fingerprint density at radius 3 is 2.32 bits per heavy atom. The van der Waals surface area contributed by atoms with E-state index in [1.165, 1.54) is 17.7 Å². The van der Waals surface area contributed by atoms with Gasteiger partial charge in [-0.1, -0.05) is 54.1 Å². The largest absolute Gasteiger partial charge is 0.352 e. The van der Waals surface area contributed by atoms with E-state index in [2.05, 4.69) is 50.5 Å². The SMILES string of the molecule is Cc1nn(Cc2ccc(F)cc2)c(Cl)c1C(=O)NCCCN1CCN(Cc2ccccc2)CC1. The number of rotatable bonds is 9. The first-order valence-electron chi connectivity index (χ1n) is 11.7. The summed E-state index contributed by atoms with van der Waals surface area (Å²) in [4.78, 5) is 17.7. The van der Waals surface area contributed by atoms with Crippen LogP contribution in [0.1, 0.15) is 33.6 Å². The van der Waals surface area contributed by atoms with E-state index in [9.17, 15) is 9.18 Å². The molecule has 0 unspecified atom stereocenters. The summed E-state index contributed by atoms with van der Waals surface area (Å²) in [6.07, 6.45) is 0.880. The van der Waals surface area contributed by atoms with Crippen LogP contribution in [0.15, 0.2) is 54.6 Å². The molecular formula is C26H31ClFN5O. The van der Waals surface area contributed by atoms with Crippen molar-refractivity contribution < 1.29 is 9.18 Å². The Balaban J connectivity index is 1.19. The van der Waals surface area contributed by atoms with E-state index in [0.29, 0.717) is 29.5 Å². The third-order valence-corrected chi connectivity index (χ3v) is 6.57. The summed E-state index contributed by atoms with van der Waals surface area (Å²) in [5.74, 6) is -0.499. The predicted octanol–water partition coefficient (Wildman–Crippen LogP) is 3.97. The lowest BCUT2D eigenvalue weighted by atomic mass is 10.2. The molecule has 6 nitrogen and oxygen atoms in total. The van der Waals surface area contributed by atoms with Gasteiger partial charge in [-0.3, -0.25) is 9.69 Å². The minimum atomic E-state index is -0.291. The topological polar surface area (TPSA) is 53.4 Å².